The molecule has 1 atom stereocenters. The van der Waals surface area contributed by atoms with Crippen LogP contribution in [-0.4, -0.2) is 38.2 Å². The summed E-state index contributed by atoms with van der Waals surface area (Å²) in [5, 5.41) is 17.2. The molecule has 8 heteroatoms. The highest BCUT2D eigenvalue weighted by molar-refractivity contribution is 7.89. The van der Waals surface area contributed by atoms with Crippen LogP contribution >= 0.6 is 0 Å². The van der Waals surface area contributed by atoms with Gasteiger partial charge in [-0.25, -0.2) is 18.4 Å². The van der Waals surface area contributed by atoms with E-state index in [4.69, 9.17) is 9.88 Å². The van der Waals surface area contributed by atoms with Gasteiger partial charge in [0.15, 0.2) is 0 Å². The minimum absolute atomic E-state index is 0.136. The maximum atomic E-state index is 11.3. The molecule has 1 saturated heterocycles. The molecule has 1 heterocycles. The first-order chi connectivity index (χ1) is 9.71. The minimum Gasteiger partial charge on any atom is -0.478 e. The number of hydrogen-bond donors (Lipinski definition) is 3. The molecule has 1 aromatic carbocycles. The minimum atomic E-state index is -3.93. The first kappa shape index (κ1) is 15.7. The molecule has 7 nitrogen and oxygen atoms in total. The number of benzene rings is 1. The molecule has 0 aliphatic carbocycles. The quantitative estimate of drug-likeness (QED) is 0.746. The monoisotopic (exact) mass is 314 g/mol. The number of primary sulfonamides is 1. The summed E-state index contributed by atoms with van der Waals surface area (Å²) < 4.78 is 28.2. The summed E-state index contributed by atoms with van der Waals surface area (Å²) in [6.45, 7) is 3.09. The first-order valence-corrected chi connectivity index (χ1v) is 8.04. The molecule has 1 fully saturated rings. The number of nitrogens with one attached hydrogen (secondary N) is 1. The predicted molar refractivity (Wildman–Crippen MR) is 76.9 cm³/mol. The summed E-state index contributed by atoms with van der Waals surface area (Å²) in [5.74, 6) is -1.22. The van der Waals surface area contributed by atoms with Gasteiger partial charge in [-0.15, -0.1) is 0 Å². The first-order valence-electron chi connectivity index (χ1n) is 6.49. The second-order valence-corrected chi connectivity index (χ2v) is 6.87. The highest BCUT2D eigenvalue weighted by atomic mass is 32.2. The van der Waals surface area contributed by atoms with Crippen LogP contribution in [-0.2, 0) is 14.8 Å². The molecule has 0 spiro atoms. The third kappa shape index (κ3) is 3.72. The Hall–Kier alpha value is -1.64. The Kier molecular flexibility index (Phi) is 4.22. The van der Waals surface area contributed by atoms with Crippen LogP contribution < -0.4 is 10.5 Å². The molecule has 0 radical (unpaired) electrons. The van der Waals surface area contributed by atoms with Crippen LogP contribution in [0, 0.1) is 0 Å². The molecule has 1 aromatic rings. The zero-order chi connectivity index (χ0) is 15.7. The molecule has 116 valence electrons. The molecule has 0 aromatic heterocycles. The molecular formula is C13H18N2O5S. The van der Waals surface area contributed by atoms with Gasteiger partial charge in [0.1, 0.15) is 0 Å². The van der Waals surface area contributed by atoms with E-state index in [2.05, 4.69) is 5.32 Å². The van der Waals surface area contributed by atoms with Crippen LogP contribution in [0.3, 0.4) is 0 Å². The lowest BCUT2D eigenvalue weighted by atomic mass is 10.0. The van der Waals surface area contributed by atoms with Gasteiger partial charge in [-0.1, -0.05) is 0 Å². The van der Waals surface area contributed by atoms with Crippen molar-refractivity contribution in [2.45, 2.75) is 30.3 Å². The number of anilines is 1. The molecule has 0 bridgehead atoms. The Labute approximate surface area is 123 Å². The van der Waals surface area contributed by atoms with E-state index in [1.165, 1.54) is 12.1 Å². The van der Waals surface area contributed by atoms with E-state index < -0.39 is 16.0 Å². The number of sulfonamides is 1. The number of carboxylic acids is 1. The van der Waals surface area contributed by atoms with Gasteiger partial charge in [0, 0.05) is 18.8 Å². The van der Waals surface area contributed by atoms with Crippen LogP contribution in [0.1, 0.15) is 30.1 Å². The Bertz CT molecular complexity index is 651. The van der Waals surface area contributed by atoms with Gasteiger partial charge in [0.25, 0.3) is 0 Å². The van der Waals surface area contributed by atoms with Gasteiger partial charge in [-0.3, -0.25) is 0 Å². The summed E-state index contributed by atoms with van der Waals surface area (Å²) in [6, 6.07) is 3.74. The lowest BCUT2D eigenvalue weighted by Gasteiger charge is -2.24. The summed E-state index contributed by atoms with van der Waals surface area (Å²) in [6.07, 6.45) is 1.85. The van der Waals surface area contributed by atoms with Crippen molar-refractivity contribution in [3.63, 3.8) is 0 Å². The zero-order valence-corrected chi connectivity index (χ0v) is 12.4. The van der Waals surface area contributed by atoms with Gasteiger partial charge >= 0.3 is 5.97 Å². The van der Waals surface area contributed by atoms with Crippen molar-refractivity contribution in [2.75, 3.05) is 18.5 Å². The smallest absolute Gasteiger partial charge is 0.337 e. The van der Waals surface area contributed by atoms with Crippen LogP contribution in [0.4, 0.5) is 5.69 Å². The van der Waals surface area contributed by atoms with Gasteiger partial charge in [0.05, 0.1) is 16.1 Å². The summed E-state index contributed by atoms with van der Waals surface area (Å²) in [4.78, 5) is 11.0. The molecule has 0 saturated carbocycles. The Morgan fingerprint density at radius 2 is 2.24 bits per heavy atom. The topological polar surface area (TPSA) is 119 Å². The number of nitrogens with two attached hydrogens (primary N) is 1. The fourth-order valence-corrected chi connectivity index (χ4v) is 2.83. The number of hydrogen-bond acceptors (Lipinski definition) is 5. The van der Waals surface area contributed by atoms with E-state index >= 15 is 0 Å². The highest BCUT2D eigenvalue weighted by Crippen LogP contribution is 2.27. The third-order valence-electron chi connectivity index (χ3n) is 3.50. The molecule has 1 aliphatic heterocycles. The predicted octanol–water partition coefficient (Wildman–Crippen LogP) is 1.01. The maximum Gasteiger partial charge on any atom is 0.337 e. The lowest BCUT2D eigenvalue weighted by Crippen LogP contribution is -2.33. The average Bonchev–Trinajstić information content (AvgIpc) is 2.82. The Balaban J connectivity index is 2.25. The van der Waals surface area contributed by atoms with E-state index in [1.54, 1.807) is 0 Å². The van der Waals surface area contributed by atoms with E-state index in [-0.39, 0.29) is 16.1 Å². The van der Waals surface area contributed by atoms with Crippen molar-refractivity contribution >= 4 is 21.7 Å². The second kappa shape index (κ2) is 5.63. The van der Waals surface area contributed by atoms with Gasteiger partial charge in [0.2, 0.25) is 10.0 Å². The van der Waals surface area contributed by atoms with Crippen molar-refractivity contribution in [1.29, 1.82) is 0 Å². The molecule has 21 heavy (non-hydrogen) atoms. The van der Waals surface area contributed by atoms with Crippen LogP contribution in [0.15, 0.2) is 23.1 Å². The highest BCUT2D eigenvalue weighted by Gasteiger charge is 2.30. The normalized spacial score (nSPS) is 22.2. The summed E-state index contributed by atoms with van der Waals surface area (Å²) in [5.41, 5.74) is -0.135. The fraction of sp³-hybridized carbons (Fsp3) is 0.462. The van der Waals surface area contributed by atoms with E-state index in [0.717, 1.165) is 18.9 Å². The van der Waals surface area contributed by atoms with Crippen LogP contribution in [0.2, 0.25) is 0 Å². The van der Waals surface area contributed by atoms with Crippen molar-refractivity contribution in [1.82, 2.24) is 0 Å². The summed E-state index contributed by atoms with van der Waals surface area (Å²) >= 11 is 0. The molecule has 0 amide bonds. The van der Waals surface area contributed by atoms with Crippen molar-refractivity contribution in [3.05, 3.63) is 23.8 Å². The van der Waals surface area contributed by atoms with Crippen LogP contribution in [0.5, 0.6) is 0 Å². The number of rotatable bonds is 5. The second-order valence-electron chi connectivity index (χ2n) is 5.31. The van der Waals surface area contributed by atoms with Gasteiger partial charge < -0.3 is 15.2 Å². The SMILES string of the molecule is CC1(CNc2ccc(S(N)(=O)=O)cc2C(=O)O)CCCO1. The number of aromatic carboxylic acids is 1. The molecule has 1 unspecified atom stereocenters. The zero-order valence-electron chi connectivity index (χ0n) is 11.6. The van der Waals surface area contributed by atoms with E-state index in [1.807, 2.05) is 6.92 Å². The van der Waals surface area contributed by atoms with Crippen LogP contribution in [0.25, 0.3) is 0 Å². The standard InChI is InChI=1S/C13H18N2O5S/c1-13(5-2-6-20-13)8-15-11-4-3-9(21(14,18)19)7-10(11)12(16)17/h3-4,7,15H,2,5-6,8H2,1H3,(H,16,17)(H2,14,18,19). The van der Waals surface area contributed by atoms with Gasteiger partial charge in [-0.2, -0.15) is 0 Å². The number of ether oxygens (including phenoxy) is 1. The number of carbonyl (C=O) groups is 1. The molecule has 4 N–H and O–H groups in total. The molecular weight excluding hydrogens is 296 g/mol. The van der Waals surface area contributed by atoms with Gasteiger partial charge in [-0.05, 0) is 38.0 Å². The lowest BCUT2D eigenvalue weighted by molar-refractivity contribution is 0.0314. The van der Waals surface area contributed by atoms with Crippen molar-refractivity contribution in [2.24, 2.45) is 5.14 Å². The molecule has 1 aliphatic rings. The van der Waals surface area contributed by atoms with Crippen molar-refractivity contribution in [3.8, 4) is 0 Å². The fourth-order valence-electron chi connectivity index (χ4n) is 2.29. The largest absolute Gasteiger partial charge is 0.478 e. The summed E-state index contributed by atoms with van der Waals surface area (Å²) in [7, 11) is -3.93. The average molecular weight is 314 g/mol. The number of carboxylic acid groups (broad SMARTS) is 1. The Morgan fingerprint density at radius 1 is 1.52 bits per heavy atom. The third-order valence-corrected chi connectivity index (χ3v) is 4.41. The van der Waals surface area contributed by atoms with Crippen molar-refractivity contribution < 1.29 is 23.1 Å². The molecule has 2 rings (SSSR count). The van der Waals surface area contributed by atoms with E-state index in [0.29, 0.717) is 18.8 Å². The Morgan fingerprint density at radius 3 is 2.76 bits per heavy atom. The van der Waals surface area contributed by atoms with E-state index in [9.17, 15) is 18.3 Å². The maximum absolute atomic E-state index is 11.3.